The molecule has 0 bridgehead atoms. The Kier molecular flexibility index (Phi) is 7.00. The van der Waals surface area contributed by atoms with Crippen LogP contribution in [0.2, 0.25) is 0 Å². The lowest BCUT2D eigenvalue weighted by Gasteiger charge is -2.44. The number of hydrogen-bond acceptors (Lipinski definition) is 2. The van der Waals surface area contributed by atoms with Crippen LogP contribution < -0.4 is 0 Å². The van der Waals surface area contributed by atoms with Gasteiger partial charge in [-0.3, -0.25) is 0 Å². The molecule has 0 aliphatic heterocycles. The second-order valence-corrected chi connectivity index (χ2v) is 19.1. The molecule has 0 spiro atoms. The Bertz CT molecular complexity index is 3920. The second-order valence-electron chi connectivity index (χ2n) is 19.1. The van der Waals surface area contributed by atoms with E-state index in [0.29, 0.717) is 0 Å². The summed E-state index contributed by atoms with van der Waals surface area (Å²) in [5.74, 6) is 0. The van der Waals surface area contributed by atoms with E-state index >= 15 is 0 Å². The molecule has 0 fully saturated rings. The van der Waals surface area contributed by atoms with Crippen molar-refractivity contribution in [1.82, 2.24) is 0 Å². The topological polar surface area (TPSA) is 26.3 Å². The molecule has 0 atom stereocenters. The summed E-state index contributed by atoms with van der Waals surface area (Å²) >= 11 is 0. The molecule has 0 unspecified atom stereocenters. The number of rotatable bonds is 2. The summed E-state index contributed by atoms with van der Waals surface area (Å²) in [4.78, 5) is 0. The predicted molar refractivity (Wildman–Crippen MR) is 270 cm³/mol. The molecule has 1 aliphatic rings. The zero-order valence-electron chi connectivity index (χ0n) is 36.1. The molecule has 1 aliphatic carbocycles. The zero-order chi connectivity index (χ0) is 42.6. The molecular formula is C62H42O2. The highest BCUT2D eigenvalue weighted by Gasteiger charge is 2.43. The molecule has 14 rings (SSSR count). The van der Waals surface area contributed by atoms with E-state index in [1.54, 1.807) is 0 Å². The largest absolute Gasteiger partial charge is 0.455 e. The Morgan fingerprint density at radius 2 is 0.562 bits per heavy atom. The van der Waals surface area contributed by atoms with Crippen LogP contribution in [0.3, 0.4) is 0 Å². The van der Waals surface area contributed by atoms with Crippen molar-refractivity contribution in [3.05, 3.63) is 204 Å². The average molecular weight is 819 g/mol. The van der Waals surface area contributed by atoms with E-state index in [2.05, 4.69) is 210 Å². The van der Waals surface area contributed by atoms with E-state index < -0.39 is 0 Å². The standard InChI is InChI=1S/C62H42O2/c1-61(2)51-31-47-37-19-7-5-17-35(37)36-18-6-8-20-38(36)48(47)32-52(51)62(3,4)54-34-50-49(33-53(54)61)57(45-27-15-25-43-39-21-11-13-29-55(39)63-59(43)45)41-23-9-10-24-42(41)58(50)46-28-16-26-44-40-22-12-14-30-56(40)64-60(44)46/h5-34H,1-4H3. The first kappa shape index (κ1) is 35.9. The molecule has 64 heavy (non-hydrogen) atoms. The third-order valence-electron chi connectivity index (χ3n) is 15.1. The maximum atomic E-state index is 6.87. The van der Waals surface area contributed by atoms with Gasteiger partial charge in [-0.05, 0) is 113 Å². The first-order valence-electron chi connectivity index (χ1n) is 22.5. The van der Waals surface area contributed by atoms with Gasteiger partial charge in [0.2, 0.25) is 0 Å². The molecule has 11 aromatic carbocycles. The summed E-state index contributed by atoms with van der Waals surface area (Å²) < 4.78 is 13.7. The molecule has 2 heteroatoms. The van der Waals surface area contributed by atoms with Gasteiger partial charge in [-0.15, -0.1) is 0 Å². The van der Waals surface area contributed by atoms with Crippen LogP contribution in [0.25, 0.3) is 120 Å². The summed E-state index contributed by atoms with van der Waals surface area (Å²) in [6, 6.07) is 67.2. The highest BCUT2D eigenvalue weighted by molar-refractivity contribution is 6.28. The third kappa shape index (κ3) is 4.60. The molecule has 0 saturated heterocycles. The van der Waals surface area contributed by atoms with Crippen molar-refractivity contribution < 1.29 is 8.83 Å². The van der Waals surface area contributed by atoms with Crippen molar-refractivity contribution >= 4 is 97.7 Å². The Hall–Kier alpha value is -7.68. The maximum absolute atomic E-state index is 6.87. The Morgan fingerprint density at radius 3 is 0.953 bits per heavy atom. The molecule has 2 nitrogen and oxygen atoms in total. The van der Waals surface area contributed by atoms with Crippen molar-refractivity contribution in [3.63, 3.8) is 0 Å². The van der Waals surface area contributed by atoms with E-state index in [4.69, 9.17) is 8.83 Å². The SMILES string of the molecule is CC1(C)c2cc3c(-c4cccc5c4oc4ccccc45)c4ccccc4c(-c4cccc5c4oc4ccccc45)c3cc2C(C)(C)c2cc3c4ccccc4c4ccccc4c3cc21. The first-order valence-corrected chi connectivity index (χ1v) is 22.5. The third-order valence-corrected chi connectivity index (χ3v) is 15.1. The van der Waals surface area contributed by atoms with Crippen molar-refractivity contribution in [3.8, 4) is 22.3 Å². The van der Waals surface area contributed by atoms with Crippen LogP contribution in [0.15, 0.2) is 191 Å². The molecule has 0 saturated carbocycles. The number of para-hydroxylation sites is 4. The molecular weight excluding hydrogens is 777 g/mol. The molecule has 2 aromatic heterocycles. The molecule has 13 aromatic rings. The number of furan rings is 2. The lowest BCUT2D eigenvalue weighted by Crippen LogP contribution is -2.36. The Labute approximate surface area is 370 Å². The van der Waals surface area contributed by atoms with Gasteiger partial charge in [0.1, 0.15) is 22.3 Å². The predicted octanol–water partition coefficient (Wildman–Crippen LogP) is 17.6. The van der Waals surface area contributed by atoms with Crippen LogP contribution in [0.4, 0.5) is 0 Å². The van der Waals surface area contributed by atoms with Gasteiger partial charge in [-0.25, -0.2) is 0 Å². The smallest absolute Gasteiger partial charge is 0.143 e. The number of hydrogen-bond donors (Lipinski definition) is 0. The Morgan fingerprint density at radius 1 is 0.266 bits per heavy atom. The van der Waals surface area contributed by atoms with Gasteiger partial charge in [0.15, 0.2) is 0 Å². The monoisotopic (exact) mass is 818 g/mol. The van der Waals surface area contributed by atoms with Crippen LogP contribution in [-0.2, 0) is 10.8 Å². The summed E-state index contributed by atoms with van der Waals surface area (Å²) in [6.45, 7) is 9.77. The van der Waals surface area contributed by atoms with Crippen LogP contribution in [0.5, 0.6) is 0 Å². The molecule has 302 valence electrons. The fraction of sp³-hybridized carbons (Fsp3) is 0.0968. The van der Waals surface area contributed by atoms with Gasteiger partial charge in [-0.2, -0.15) is 0 Å². The van der Waals surface area contributed by atoms with Crippen molar-refractivity contribution in [1.29, 1.82) is 0 Å². The Balaban J connectivity index is 1.15. The van der Waals surface area contributed by atoms with Crippen molar-refractivity contribution in [2.45, 2.75) is 38.5 Å². The van der Waals surface area contributed by atoms with E-state index in [-0.39, 0.29) is 10.8 Å². The lowest BCUT2D eigenvalue weighted by atomic mass is 9.59. The summed E-state index contributed by atoms with van der Waals surface area (Å²) in [5, 5.41) is 17.1. The normalized spacial score (nSPS) is 14.5. The highest BCUT2D eigenvalue weighted by Crippen LogP contribution is 2.56. The van der Waals surface area contributed by atoms with Gasteiger partial charge in [0.25, 0.3) is 0 Å². The van der Waals surface area contributed by atoms with Crippen LogP contribution >= 0.6 is 0 Å². The number of benzene rings is 11. The molecule has 0 N–H and O–H groups in total. The minimum absolute atomic E-state index is 0.331. The van der Waals surface area contributed by atoms with Crippen LogP contribution in [0.1, 0.15) is 49.9 Å². The average Bonchev–Trinajstić information content (AvgIpc) is 3.91. The van der Waals surface area contributed by atoms with Crippen molar-refractivity contribution in [2.24, 2.45) is 0 Å². The van der Waals surface area contributed by atoms with Crippen molar-refractivity contribution in [2.75, 3.05) is 0 Å². The molecule has 2 heterocycles. The molecule has 0 radical (unpaired) electrons. The number of fused-ring (bicyclic) bond motifs is 16. The highest BCUT2D eigenvalue weighted by atomic mass is 16.3. The van der Waals surface area contributed by atoms with Gasteiger partial charge >= 0.3 is 0 Å². The second kappa shape index (κ2) is 12.5. The first-order chi connectivity index (χ1) is 31.3. The van der Waals surface area contributed by atoms with E-state index in [0.717, 1.165) is 55.0 Å². The van der Waals surface area contributed by atoms with Crippen LogP contribution in [-0.4, -0.2) is 0 Å². The quantitative estimate of drug-likeness (QED) is 0.128. The lowest BCUT2D eigenvalue weighted by molar-refractivity contribution is 0.523. The van der Waals surface area contributed by atoms with Gasteiger partial charge in [0.05, 0.1) is 0 Å². The van der Waals surface area contributed by atoms with Gasteiger partial charge < -0.3 is 8.83 Å². The minimum atomic E-state index is -0.331. The minimum Gasteiger partial charge on any atom is -0.455 e. The maximum Gasteiger partial charge on any atom is 0.143 e. The fourth-order valence-electron chi connectivity index (χ4n) is 12.0. The fourth-order valence-corrected chi connectivity index (χ4v) is 12.0. The van der Waals surface area contributed by atoms with Crippen LogP contribution in [0, 0.1) is 0 Å². The molecule has 0 amide bonds. The van der Waals surface area contributed by atoms with E-state index in [9.17, 15) is 0 Å². The van der Waals surface area contributed by atoms with Gasteiger partial charge in [0, 0.05) is 54.6 Å². The summed E-state index contributed by atoms with van der Waals surface area (Å²) in [5.41, 5.74) is 13.0. The summed E-state index contributed by atoms with van der Waals surface area (Å²) in [7, 11) is 0. The van der Waals surface area contributed by atoms with E-state index in [1.165, 1.54) is 87.2 Å². The summed E-state index contributed by atoms with van der Waals surface area (Å²) in [6.07, 6.45) is 0. The van der Waals surface area contributed by atoms with E-state index in [1.807, 2.05) is 0 Å². The van der Waals surface area contributed by atoms with Gasteiger partial charge in [-0.1, -0.05) is 173 Å². The zero-order valence-corrected chi connectivity index (χ0v) is 36.1.